The van der Waals surface area contributed by atoms with Gasteiger partial charge in [0, 0.05) is 18.6 Å². The highest BCUT2D eigenvalue weighted by Crippen LogP contribution is 2.38. The van der Waals surface area contributed by atoms with Crippen LogP contribution in [0, 0.1) is 0 Å². The fourth-order valence-electron chi connectivity index (χ4n) is 1.46. The fourth-order valence-corrected chi connectivity index (χ4v) is 2.44. The van der Waals surface area contributed by atoms with Crippen molar-refractivity contribution in [1.29, 1.82) is 0 Å². The highest BCUT2D eigenvalue weighted by molar-refractivity contribution is 7.93. The molecule has 0 bridgehead atoms. The number of hydrogen-bond donors (Lipinski definition) is 1. The Hall–Kier alpha value is -0.850. The van der Waals surface area contributed by atoms with Gasteiger partial charge in [-0.25, -0.2) is 8.42 Å². The molecule has 8 heteroatoms. The Bertz CT molecular complexity index is 547. The maximum atomic E-state index is 11.4. The van der Waals surface area contributed by atoms with Crippen LogP contribution in [0.4, 0.5) is 5.69 Å². The Labute approximate surface area is 115 Å². The standard InChI is InChI=1S/C10H11Cl2NO4S/c11-6-18(14,15)13-8-5-10-9(4-7(8)12)16-2-1-3-17-10/h4-5,13H,1-3,6H2. The lowest BCUT2D eigenvalue weighted by molar-refractivity contribution is 0.297. The summed E-state index contributed by atoms with van der Waals surface area (Å²) in [6.45, 7) is 1.05. The van der Waals surface area contributed by atoms with E-state index in [4.69, 9.17) is 32.7 Å². The van der Waals surface area contributed by atoms with Gasteiger partial charge in [-0.3, -0.25) is 4.72 Å². The average Bonchev–Trinajstić information content (AvgIpc) is 2.54. The Kier molecular flexibility index (Phi) is 4.09. The Morgan fingerprint density at radius 3 is 2.44 bits per heavy atom. The van der Waals surface area contributed by atoms with Crippen molar-refractivity contribution in [3.63, 3.8) is 0 Å². The number of fused-ring (bicyclic) bond motifs is 1. The molecule has 18 heavy (non-hydrogen) atoms. The maximum absolute atomic E-state index is 11.4. The van der Waals surface area contributed by atoms with Gasteiger partial charge in [-0.1, -0.05) is 11.6 Å². The zero-order valence-electron chi connectivity index (χ0n) is 9.28. The van der Waals surface area contributed by atoms with E-state index in [0.717, 1.165) is 6.42 Å². The van der Waals surface area contributed by atoms with Gasteiger partial charge in [-0.15, -0.1) is 11.6 Å². The van der Waals surface area contributed by atoms with E-state index in [1.807, 2.05) is 0 Å². The van der Waals surface area contributed by atoms with Crippen LogP contribution in [-0.4, -0.2) is 26.8 Å². The van der Waals surface area contributed by atoms with Crippen LogP contribution in [0.5, 0.6) is 11.5 Å². The van der Waals surface area contributed by atoms with E-state index in [1.165, 1.54) is 12.1 Å². The summed E-state index contributed by atoms with van der Waals surface area (Å²) in [5.74, 6) is 0.968. The molecular weight excluding hydrogens is 301 g/mol. The van der Waals surface area contributed by atoms with Crippen molar-refractivity contribution in [3.8, 4) is 11.5 Å². The summed E-state index contributed by atoms with van der Waals surface area (Å²) in [6, 6.07) is 3.02. The van der Waals surface area contributed by atoms with Crippen LogP contribution in [0.3, 0.4) is 0 Å². The molecule has 0 saturated carbocycles. The van der Waals surface area contributed by atoms with Crippen LogP contribution < -0.4 is 14.2 Å². The molecule has 0 unspecified atom stereocenters. The van der Waals surface area contributed by atoms with Gasteiger partial charge >= 0.3 is 0 Å². The van der Waals surface area contributed by atoms with E-state index in [2.05, 4.69) is 4.72 Å². The van der Waals surface area contributed by atoms with Crippen molar-refractivity contribution in [2.75, 3.05) is 23.1 Å². The van der Waals surface area contributed by atoms with Gasteiger partial charge in [-0.05, 0) is 0 Å². The first-order valence-corrected chi connectivity index (χ1v) is 7.74. The summed E-state index contributed by atoms with van der Waals surface area (Å²) < 4.78 is 35.9. The van der Waals surface area contributed by atoms with Crippen molar-refractivity contribution in [2.45, 2.75) is 6.42 Å². The van der Waals surface area contributed by atoms with E-state index in [-0.39, 0.29) is 10.7 Å². The summed E-state index contributed by atoms with van der Waals surface area (Å²) in [6.07, 6.45) is 0.759. The van der Waals surface area contributed by atoms with Gasteiger partial charge in [0.2, 0.25) is 10.0 Å². The molecule has 0 spiro atoms. The largest absolute Gasteiger partial charge is 0.490 e. The summed E-state index contributed by atoms with van der Waals surface area (Å²) in [4.78, 5) is 0. The molecule has 5 nitrogen and oxygen atoms in total. The molecule has 2 rings (SSSR count). The van der Waals surface area contributed by atoms with Gasteiger partial charge in [0.05, 0.1) is 23.9 Å². The van der Waals surface area contributed by atoms with E-state index in [1.54, 1.807) is 0 Å². The van der Waals surface area contributed by atoms with Crippen molar-refractivity contribution in [1.82, 2.24) is 0 Å². The third kappa shape index (κ3) is 3.13. The molecule has 0 saturated heterocycles. The van der Waals surface area contributed by atoms with E-state index >= 15 is 0 Å². The molecular formula is C10H11Cl2NO4S. The van der Waals surface area contributed by atoms with Crippen LogP contribution in [0.1, 0.15) is 6.42 Å². The van der Waals surface area contributed by atoms with Crippen molar-refractivity contribution in [2.24, 2.45) is 0 Å². The second-order valence-electron chi connectivity index (χ2n) is 3.66. The molecule has 0 amide bonds. The van der Waals surface area contributed by atoms with Crippen LogP contribution in [0.2, 0.25) is 5.02 Å². The minimum atomic E-state index is -3.60. The molecule has 1 aliphatic heterocycles. The maximum Gasteiger partial charge on any atom is 0.246 e. The van der Waals surface area contributed by atoms with E-state index in [0.29, 0.717) is 24.7 Å². The van der Waals surface area contributed by atoms with Gasteiger partial charge in [0.1, 0.15) is 5.21 Å². The van der Waals surface area contributed by atoms with Crippen molar-refractivity contribution in [3.05, 3.63) is 17.2 Å². The second kappa shape index (κ2) is 5.42. The molecule has 1 heterocycles. The third-order valence-corrected chi connectivity index (χ3v) is 4.24. The number of alkyl halides is 1. The Balaban J connectivity index is 2.35. The van der Waals surface area contributed by atoms with E-state index in [9.17, 15) is 8.42 Å². The average molecular weight is 312 g/mol. The highest BCUT2D eigenvalue weighted by atomic mass is 35.5. The minimum Gasteiger partial charge on any atom is -0.490 e. The SMILES string of the molecule is O=S(=O)(CCl)Nc1cc2c(cc1Cl)OCCCO2. The number of hydrogen-bond acceptors (Lipinski definition) is 4. The number of anilines is 1. The van der Waals surface area contributed by atoms with Gasteiger partial charge in [0.15, 0.2) is 11.5 Å². The number of sulfonamides is 1. The topological polar surface area (TPSA) is 64.6 Å². The number of benzene rings is 1. The lowest BCUT2D eigenvalue weighted by atomic mass is 10.3. The van der Waals surface area contributed by atoms with Gasteiger partial charge in [-0.2, -0.15) is 0 Å². The quantitative estimate of drug-likeness (QED) is 0.871. The molecule has 1 aliphatic rings. The molecule has 100 valence electrons. The summed E-state index contributed by atoms with van der Waals surface area (Å²) in [5, 5.41) is -0.314. The normalized spacial score (nSPS) is 15.0. The molecule has 0 aliphatic carbocycles. The number of nitrogens with one attached hydrogen (secondary N) is 1. The molecule has 1 aromatic rings. The second-order valence-corrected chi connectivity index (χ2v) is 6.37. The first-order valence-electron chi connectivity index (χ1n) is 5.17. The van der Waals surface area contributed by atoms with Crippen molar-refractivity contribution >= 4 is 38.9 Å². The molecule has 0 radical (unpaired) electrons. The van der Waals surface area contributed by atoms with Crippen LogP contribution in [0.25, 0.3) is 0 Å². The Morgan fingerprint density at radius 2 is 1.83 bits per heavy atom. The lowest BCUT2D eigenvalue weighted by Crippen LogP contribution is -2.13. The lowest BCUT2D eigenvalue weighted by Gasteiger charge is -2.12. The Morgan fingerprint density at radius 1 is 1.22 bits per heavy atom. The van der Waals surface area contributed by atoms with Crippen LogP contribution in [-0.2, 0) is 10.0 Å². The molecule has 1 aromatic carbocycles. The van der Waals surface area contributed by atoms with Crippen molar-refractivity contribution < 1.29 is 17.9 Å². The van der Waals surface area contributed by atoms with E-state index < -0.39 is 15.2 Å². The number of halogens is 2. The zero-order valence-corrected chi connectivity index (χ0v) is 11.6. The number of ether oxygens (including phenoxy) is 2. The fraction of sp³-hybridized carbons (Fsp3) is 0.400. The minimum absolute atomic E-state index is 0.224. The first-order chi connectivity index (χ1) is 8.52. The predicted octanol–water partition coefficient (Wildman–Crippen LogP) is 2.44. The summed E-state index contributed by atoms with van der Waals surface area (Å²) >= 11 is 11.3. The van der Waals surface area contributed by atoms with Crippen LogP contribution >= 0.6 is 23.2 Å². The highest BCUT2D eigenvalue weighted by Gasteiger charge is 2.17. The first kappa shape index (κ1) is 13.6. The number of rotatable bonds is 3. The molecule has 0 aromatic heterocycles. The summed E-state index contributed by atoms with van der Waals surface area (Å²) in [5.41, 5.74) is 0.224. The van der Waals surface area contributed by atoms with Crippen LogP contribution in [0.15, 0.2) is 12.1 Å². The smallest absolute Gasteiger partial charge is 0.246 e. The molecule has 0 fully saturated rings. The monoisotopic (exact) mass is 311 g/mol. The third-order valence-electron chi connectivity index (χ3n) is 2.25. The summed E-state index contributed by atoms with van der Waals surface area (Å²) in [7, 11) is -3.60. The predicted molar refractivity (Wildman–Crippen MR) is 70.3 cm³/mol. The molecule has 1 N–H and O–H groups in total. The zero-order chi connectivity index (χ0) is 13.2. The van der Waals surface area contributed by atoms with Gasteiger partial charge in [0.25, 0.3) is 0 Å². The van der Waals surface area contributed by atoms with Gasteiger partial charge < -0.3 is 9.47 Å². The molecule has 0 atom stereocenters.